The molecule has 1 unspecified atom stereocenters. The summed E-state index contributed by atoms with van der Waals surface area (Å²) in [4.78, 5) is 11.7. The van der Waals surface area contributed by atoms with Crippen molar-refractivity contribution in [1.82, 2.24) is 5.32 Å². The van der Waals surface area contributed by atoms with Crippen LogP contribution in [0.4, 0.5) is 5.69 Å². The van der Waals surface area contributed by atoms with Gasteiger partial charge in [-0.25, -0.2) is 0 Å². The number of nitrogens with one attached hydrogen (secondary N) is 2. The Balaban J connectivity index is 2.34. The highest BCUT2D eigenvalue weighted by Gasteiger charge is 2.06. The van der Waals surface area contributed by atoms with Gasteiger partial charge in [-0.05, 0) is 37.8 Å². The molecule has 4 nitrogen and oxygen atoms in total. The number of hydrogen-bond donors (Lipinski definition) is 3. The summed E-state index contributed by atoms with van der Waals surface area (Å²) in [5.41, 5.74) is 3.29. The Hall–Kier alpha value is -1.55. The van der Waals surface area contributed by atoms with Crippen molar-refractivity contribution in [3.8, 4) is 0 Å². The highest BCUT2D eigenvalue weighted by Crippen LogP contribution is 2.18. The van der Waals surface area contributed by atoms with Gasteiger partial charge >= 0.3 is 0 Å². The zero-order valence-corrected chi connectivity index (χ0v) is 12.0. The van der Waals surface area contributed by atoms with E-state index in [1.54, 1.807) is 0 Å². The molecule has 1 atom stereocenters. The fraction of sp³-hybridized carbons (Fsp3) is 0.533. The summed E-state index contributed by atoms with van der Waals surface area (Å²) in [6, 6.07) is 6.04. The Morgan fingerprint density at radius 3 is 2.53 bits per heavy atom. The van der Waals surface area contributed by atoms with Gasteiger partial charge in [0.15, 0.2) is 0 Å². The van der Waals surface area contributed by atoms with Crippen molar-refractivity contribution in [1.29, 1.82) is 0 Å². The number of amides is 1. The highest BCUT2D eigenvalue weighted by molar-refractivity contribution is 5.81. The zero-order valence-electron chi connectivity index (χ0n) is 12.0. The molecule has 0 aliphatic heterocycles. The number of hydrogen-bond acceptors (Lipinski definition) is 3. The second-order valence-electron chi connectivity index (χ2n) is 4.82. The van der Waals surface area contributed by atoms with Gasteiger partial charge in [-0.1, -0.05) is 25.1 Å². The van der Waals surface area contributed by atoms with Gasteiger partial charge in [0.25, 0.3) is 0 Å². The fourth-order valence-electron chi connectivity index (χ4n) is 1.91. The van der Waals surface area contributed by atoms with E-state index in [1.807, 2.05) is 39.0 Å². The van der Waals surface area contributed by atoms with Gasteiger partial charge in [-0.3, -0.25) is 4.79 Å². The van der Waals surface area contributed by atoms with Crippen LogP contribution in [-0.4, -0.2) is 30.2 Å². The number of aryl methyl sites for hydroxylation is 2. The van der Waals surface area contributed by atoms with Crippen LogP contribution < -0.4 is 10.6 Å². The maximum atomic E-state index is 11.7. The molecule has 1 aromatic carbocycles. The lowest BCUT2D eigenvalue weighted by Gasteiger charge is -2.13. The molecule has 0 fully saturated rings. The van der Waals surface area contributed by atoms with Crippen molar-refractivity contribution in [3.63, 3.8) is 0 Å². The summed E-state index contributed by atoms with van der Waals surface area (Å²) in [7, 11) is 0. The van der Waals surface area contributed by atoms with E-state index >= 15 is 0 Å². The molecule has 0 aromatic heterocycles. The van der Waals surface area contributed by atoms with Crippen LogP contribution in [0.1, 0.15) is 30.9 Å². The Labute approximate surface area is 115 Å². The van der Waals surface area contributed by atoms with E-state index in [-0.39, 0.29) is 18.6 Å². The average Bonchev–Trinajstić information content (AvgIpc) is 2.38. The first kappa shape index (κ1) is 15.5. The molecule has 106 valence electrons. The van der Waals surface area contributed by atoms with Gasteiger partial charge in [0.05, 0.1) is 12.6 Å². The molecule has 0 saturated carbocycles. The van der Waals surface area contributed by atoms with Crippen molar-refractivity contribution in [2.45, 2.75) is 39.7 Å². The summed E-state index contributed by atoms with van der Waals surface area (Å²) in [5, 5.41) is 15.3. The Kier molecular flexibility index (Phi) is 6.36. The molecular formula is C15H24N2O2. The van der Waals surface area contributed by atoms with Crippen molar-refractivity contribution in [3.05, 3.63) is 29.3 Å². The van der Waals surface area contributed by atoms with Gasteiger partial charge in [0.1, 0.15) is 0 Å². The molecule has 1 aromatic rings. The molecule has 0 spiro atoms. The molecule has 1 rings (SSSR count). The largest absolute Gasteiger partial charge is 0.393 e. The molecule has 0 saturated heterocycles. The molecule has 0 aliphatic rings. The lowest BCUT2D eigenvalue weighted by atomic mass is 10.1. The van der Waals surface area contributed by atoms with Crippen LogP contribution in [0.3, 0.4) is 0 Å². The maximum absolute atomic E-state index is 11.7. The zero-order chi connectivity index (χ0) is 14.3. The average molecular weight is 264 g/mol. The topological polar surface area (TPSA) is 61.4 Å². The quantitative estimate of drug-likeness (QED) is 0.706. The van der Waals surface area contributed by atoms with E-state index in [2.05, 4.69) is 10.6 Å². The van der Waals surface area contributed by atoms with Crippen LogP contribution in [0.5, 0.6) is 0 Å². The monoisotopic (exact) mass is 264 g/mol. The Morgan fingerprint density at radius 2 is 1.95 bits per heavy atom. The van der Waals surface area contributed by atoms with Crippen LogP contribution in [0.15, 0.2) is 18.2 Å². The van der Waals surface area contributed by atoms with E-state index in [0.717, 1.165) is 23.2 Å². The number of rotatable bonds is 7. The van der Waals surface area contributed by atoms with Crippen LogP contribution >= 0.6 is 0 Å². The molecule has 0 radical (unpaired) electrons. The predicted octanol–water partition coefficient (Wildman–Crippen LogP) is 1.99. The first-order chi connectivity index (χ1) is 9.04. The van der Waals surface area contributed by atoms with Gasteiger partial charge in [0, 0.05) is 12.2 Å². The highest BCUT2D eigenvalue weighted by atomic mass is 16.3. The smallest absolute Gasteiger partial charge is 0.239 e. The van der Waals surface area contributed by atoms with Crippen LogP contribution in [0.2, 0.25) is 0 Å². The molecule has 0 aliphatic carbocycles. The molecule has 0 bridgehead atoms. The number of carbonyl (C=O) groups is 1. The summed E-state index contributed by atoms with van der Waals surface area (Å²) in [6.45, 7) is 6.74. The van der Waals surface area contributed by atoms with E-state index < -0.39 is 0 Å². The summed E-state index contributed by atoms with van der Waals surface area (Å²) >= 11 is 0. The van der Waals surface area contributed by atoms with E-state index in [1.165, 1.54) is 0 Å². The predicted molar refractivity (Wildman–Crippen MR) is 78.3 cm³/mol. The first-order valence-corrected chi connectivity index (χ1v) is 6.79. The number of benzene rings is 1. The first-order valence-electron chi connectivity index (χ1n) is 6.79. The number of aliphatic hydroxyl groups excluding tert-OH is 1. The molecule has 4 heteroatoms. The third-order valence-electron chi connectivity index (χ3n) is 3.18. The summed E-state index contributed by atoms with van der Waals surface area (Å²) < 4.78 is 0. The third-order valence-corrected chi connectivity index (χ3v) is 3.18. The molecule has 1 amide bonds. The van der Waals surface area contributed by atoms with Crippen molar-refractivity contribution in [2.24, 2.45) is 0 Å². The SMILES string of the molecule is CCC(O)CCNC(=O)CNc1c(C)cccc1C. The Morgan fingerprint density at radius 1 is 1.32 bits per heavy atom. The second-order valence-corrected chi connectivity index (χ2v) is 4.82. The Bertz CT molecular complexity index is 398. The van der Waals surface area contributed by atoms with E-state index in [4.69, 9.17) is 0 Å². The minimum atomic E-state index is -0.327. The number of carbonyl (C=O) groups excluding carboxylic acids is 1. The minimum absolute atomic E-state index is 0.0500. The van der Waals surface area contributed by atoms with Gasteiger partial charge in [0.2, 0.25) is 5.91 Å². The standard InChI is InChI=1S/C15H24N2O2/c1-4-13(18)8-9-16-14(19)10-17-15-11(2)6-5-7-12(15)3/h5-7,13,17-18H,4,8-10H2,1-3H3,(H,16,19). The lowest BCUT2D eigenvalue weighted by Crippen LogP contribution is -2.32. The molecule has 0 heterocycles. The van der Waals surface area contributed by atoms with Gasteiger partial charge in [-0.15, -0.1) is 0 Å². The number of anilines is 1. The summed E-state index contributed by atoms with van der Waals surface area (Å²) in [5.74, 6) is -0.0500. The lowest BCUT2D eigenvalue weighted by molar-refractivity contribution is -0.119. The van der Waals surface area contributed by atoms with Crippen molar-refractivity contribution in [2.75, 3.05) is 18.4 Å². The molecule has 19 heavy (non-hydrogen) atoms. The molecule has 3 N–H and O–H groups in total. The van der Waals surface area contributed by atoms with E-state index in [0.29, 0.717) is 13.0 Å². The van der Waals surface area contributed by atoms with Crippen molar-refractivity contribution >= 4 is 11.6 Å². The van der Waals surface area contributed by atoms with E-state index in [9.17, 15) is 9.90 Å². The van der Waals surface area contributed by atoms with Crippen LogP contribution in [0, 0.1) is 13.8 Å². The normalized spacial score (nSPS) is 12.0. The van der Waals surface area contributed by atoms with Crippen LogP contribution in [0.25, 0.3) is 0 Å². The minimum Gasteiger partial charge on any atom is -0.393 e. The van der Waals surface area contributed by atoms with Gasteiger partial charge in [-0.2, -0.15) is 0 Å². The second kappa shape index (κ2) is 7.79. The van der Waals surface area contributed by atoms with Crippen molar-refractivity contribution < 1.29 is 9.90 Å². The number of para-hydroxylation sites is 1. The van der Waals surface area contributed by atoms with Gasteiger partial charge < -0.3 is 15.7 Å². The molecular weight excluding hydrogens is 240 g/mol. The number of aliphatic hydroxyl groups is 1. The summed E-state index contributed by atoms with van der Waals surface area (Å²) in [6.07, 6.45) is 0.995. The maximum Gasteiger partial charge on any atom is 0.239 e. The third kappa shape index (κ3) is 5.30. The fourth-order valence-corrected chi connectivity index (χ4v) is 1.91. The van der Waals surface area contributed by atoms with Crippen LogP contribution in [-0.2, 0) is 4.79 Å².